The zero-order chi connectivity index (χ0) is 14.0. The van der Waals surface area contributed by atoms with Gasteiger partial charge in [-0.2, -0.15) is 5.10 Å². The van der Waals surface area contributed by atoms with E-state index in [1.807, 2.05) is 24.3 Å². The van der Waals surface area contributed by atoms with E-state index >= 15 is 0 Å². The summed E-state index contributed by atoms with van der Waals surface area (Å²) in [4.78, 5) is 3.40. The molecule has 3 rings (SSSR count). The fourth-order valence-corrected chi connectivity index (χ4v) is 3.70. The summed E-state index contributed by atoms with van der Waals surface area (Å²) in [6, 6.07) is 7.59. The van der Waals surface area contributed by atoms with E-state index in [0.717, 1.165) is 11.3 Å². The SMILES string of the molecule is OC[C@@H]1CS[C@](Cn2cncn2)(c2ccc(Cl)cc2)O1. The molecule has 0 radical (unpaired) electrons. The van der Waals surface area contributed by atoms with Crippen molar-refractivity contribution >= 4 is 23.4 Å². The van der Waals surface area contributed by atoms with Crippen molar-refractivity contribution < 1.29 is 9.84 Å². The van der Waals surface area contributed by atoms with Gasteiger partial charge in [-0.05, 0) is 17.7 Å². The number of thioether (sulfide) groups is 1. The van der Waals surface area contributed by atoms with Gasteiger partial charge in [0.2, 0.25) is 0 Å². The maximum absolute atomic E-state index is 9.32. The molecule has 0 bridgehead atoms. The number of rotatable bonds is 4. The van der Waals surface area contributed by atoms with Crippen LogP contribution in [0, 0.1) is 0 Å². The molecule has 7 heteroatoms. The van der Waals surface area contributed by atoms with Gasteiger partial charge in [0.1, 0.15) is 12.7 Å². The van der Waals surface area contributed by atoms with Gasteiger partial charge in [-0.25, -0.2) is 9.67 Å². The van der Waals surface area contributed by atoms with E-state index in [1.165, 1.54) is 6.33 Å². The molecule has 2 aromatic rings. The van der Waals surface area contributed by atoms with Gasteiger partial charge < -0.3 is 9.84 Å². The van der Waals surface area contributed by atoms with Gasteiger partial charge in [-0.1, -0.05) is 23.7 Å². The van der Waals surface area contributed by atoms with Crippen LogP contribution < -0.4 is 0 Å². The highest BCUT2D eigenvalue weighted by Crippen LogP contribution is 2.46. The van der Waals surface area contributed by atoms with E-state index in [1.54, 1.807) is 22.8 Å². The van der Waals surface area contributed by atoms with Crippen LogP contribution in [0.15, 0.2) is 36.9 Å². The Hall–Kier alpha value is -1.08. The molecule has 0 spiro atoms. The lowest BCUT2D eigenvalue weighted by atomic mass is 10.1. The minimum Gasteiger partial charge on any atom is -0.394 e. The molecule has 1 aromatic heterocycles. The Morgan fingerprint density at radius 2 is 2.25 bits per heavy atom. The lowest BCUT2D eigenvalue weighted by molar-refractivity contribution is -0.0444. The summed E-state index contributed by atoms with van der Waals surface area (Å²) in [5.74, 6) is 0.744. The first-order valence-corrected chi connectivity index (χ1v) is 7.59. The standard InChI is InChI=1S/C13H14ClN3O2S/c14-11-3-1-10(2-4-11)13(7-17-9-15-8-16-17)19-12(5-18)6-20-13/h1-4,8-9,12,18H,5-7H2/t12-,13-/m1/s1. The lowest BCUT2D eigenvalue weighted by Crippen LogP contribution is -2.31. The summed E-state index contributed by atoms with van der Waals surface area (Å²) in [7, 11) is 0. The first-order valence-electron chi connectivity index (χ1n) is 6.23. The third-order valence-corrected chi connectivity index (χ3v) is 4.90. The van der Waals surface area contributed by atoms with Crippen molar-refractivity contribution in [2.45, 2.75) is 17.6 Å². The van der Waals surface area contributed by atoms with E-state index in [0.29, 0.717) is 11.6 Å². The van der Waals surface area contributed by atoms with E-state index in [4.69, 9.17) is 16.3 Å². The molecule has 0 unspecified atom stereocenters. The Morgan fingerprint density at radius 3 is 2.85 bits per heavy atom. The average Bonchev–Trinajstić information content (AvgIpc) is 3.10. The van der Waals surface area contributed by atoms with E-state index in [9.17, 15) is 5.11 Å². The van der Waals surface area contributed by atoms with Crippen LogP contribution in [0.1, 0.15) is 5.56 Å². The highest BCUT2D eigenvalue weighted by atomic mass is 35.5. The monoisotopic (exact) mass is 311 g/mol. The predicted octanol–water partition coefficient (Wildman–Crippen LogP) is 1.91. The molecule has 0 saturated carbocycles. The highest BCUT2D eigenvalue weighted by molar-refractivity contribution is 8.00. The summed E-state index contributed by atoms with van der Waals surface area (Å²) in [5.41, 5.74) is 1.01. The molecule has 1 aromatic carbocycles. The zero-order valence-electron chi connectivity index (χ0n) is 10.6. The molecule has 0 amide bonds. The molecule has 0 aliphatic carbocycles. The fourth-order valence-electron chi connectivity index (χ4n) is 2.21. The molecule has 1 aliphatic rings. The topological polar surface area (TPSA) is 60.2 Å². The average molecular weight is 312 g/mol. The number of aliphatic hydroxyl groups excluding tert-OH is 1. The largest absolute Gasteiger partial charge is 0.394 e. The van der Waals surface area contributed by atoms with Crippen molar-refractivity contribution in [1.82, 2.24) is 14.8 Å². The summed E-state index contributed by atoms with van der Waals surface area (Å²) in [6.07, 6.45) is 2.99. The third-order valence-electron chi connectivity index (χ3n) is 3.18. The van der Waals surface area contributed by atoms with E-state index < -0.39 is 4.93 Å². The molecule has 106 valence electrons. The van der Waals surface area contributed by atoms with Crippen LogP contribution in [-0.4, -0.2) is 38.3 Å². The summed E-state index contributed by atoms with van der Waals surface area (Å²) in [6.45, 7) is 0.551. The summed E-state index contributed by atoms with van der Waals surface area (Å²) in [5, 5.41) is 14.1. The second-order valence-corrected chi connectivity index (χ2v) is 6.30. The first kappa shape index (κ1) is 13.9. The maximum atomic E-state index is 9.32. The second-order valence-electron chi connectivity index (χ2n) is 4.59. The Morgan fingerprint density at radius 1 is 1.45 bits per heavy atom. The summed E-state index contributed by atoms with van der Waals surface area (Å²) >= 11 is 7.61. The maximum Gasteiger partial charge on any atom is 0.159 e. The van der Waals surface area contributed by atoms with Crippen LogP contribution in [0.2, 0.25) is 5.02 Å². The Labute approximate surface area is 125 Å². The summed E-state index contributed by atoms with van der Waals surface area (Å²) < 4.78 is 7.82. The van der Waals surface area contributed by atoms with Crippen molar-refractivity contribution in [3.63, 3.8) is 0 Å². The van der Waals surface area contributed by atoms with Gasteiger partial charge in [0, 0.05) is 10.8 Å². The number of aliphatic hydroxyl groups is 1. The molecule has 1 N–H and O–H groups in total. The molecule has 2 atom stereocenters. The zero-order valence-corrected chi connectivity index (χ0v) is 12.2. The molecular weight excluding hydrogens is 298 g/mol. The van der Waals surface area contributed by atoms with Crippen LogP contribution >= 0.6 is 23.4 Å². The van der Waals surface area contributed by atoms with Crippen LogP contribution in [-0.2, 0) is 16.2 Å². The normalized spacial score (nSPS) is 26.0. The van der Waals surface area contributed by atoms with Crippen molar-refractivity contribution in [3.05, 3.63) is 47.5 Å². The van der Waals surface area contributed by atoms with Gasteiger partial charge in [0.15, 0.2) is 4.93 Å². The molecule has 2 heterocycles. The van der Waals surface area contributed by atoms with Gasteiger partial charge >= 0.3 is 0 Å². The van der Waals surface area contributed by atoms with Gasteiger partial charge in [0.25, 0.3) is 0 Å². The lowest BCUT2D eigenvalue weighted by Gasteiger charge is -2.28. The number of benzene rings is 1. The van der Waals surface area contributed by atoms with Crippen LogP contribution in [0.4, 0.5) is 0 Å². The Bertz CT molecular complexity index is 564. The van der Waals surface area contributed by atoms with Crippen LogP contribution in [0.5, 0.6) is 0 Å². The highest BCUT2D eigenvalue weighted by Gasteiger charge is 2.43. The first-order chi connectivity index (χ1) is 9.72. The van der Waals surface area contributed by atoms with Gasteiger partial charge in [0.05, 0.1) is 19.3 Å². The van der Waals surface area contributed by atoms with E-state index in [2.05, 4.69) is 10.1 Å². The number of ether oxygens (including phenoxy) is 1. The smallest absolute Gasteiger partial charge is 0.159 e. The molecular formula is C13H14ClN3O2S. The third kappa shape index (κ3) is 2.69. The molecule has 5 nitrogen and oxygen atoms in total. The number of halogens is 1. The predicted molar refractivity (Wildman–Crippen MR) is 77.6 cm³/mol. The number of nitrogens with zero attached hydrogens (tertiary/aromatic N) is 3. The minimum absolute atomic E-state index is 0.0136. The molecule has 1 fully saturated rings. The number of aromatic nitrogens is 3. The molecule has 1 aliphatic heterocycles. The van der Waals surface area contributed by atoms with Gasteiger partial charge in [-0.15, -0.1) is 11.8 Å². The minimum atomic E-state index is -0.564. The number of hydrogen-bond acceptors (Lipinski definition) is 5. The Kier molecular flexibility index (Phi) is 3.98. The number of hydrogen-bond donors (Lipinski definition) is 1. The van der Waals surface area contributed by atoms with E-state index in [-0.39, 0.29) is 12.7 Å². The van der Waals surface area contributed by atoms with Crippen molar-refractivity contribution in [3.8, 4) is 0 Å². The quantitative estimate of drug-likeness (QED) is 0.934. The van der Waals surface area contributed by atoms with Crippen molar-refractivity contribution in [1.29, 1.82) is 0 Å². The van der Waals surface area contributed by atoms with Crippen molar-refractivity contribution in [2.24, 2.45) is 0 Å². The van der Waals surface area contributed by atoms with Gasteiger partial charge in [-0.3, -0.25) is 0 Å². The van der Waals surface area contributed by atoms with Crippen molar-refractivity contribution in [2.75, 3.05) is 12.4 Å². The van der Waals surface area contributed by atoms with Crippen LogP contribution in [0.25, 0.3) is 0 Å². The molecule has 20 heavy (non-hydrogen) atoms. The fraction of sp³-hybridized carbons (Fsp3) is 0.385. The van der Waals surface area contributed by atoms with Crippen LogP contribution in [0.3, 0.4) is 0 Å². The Balaban J connectivity index is 1.93. The second kappa shape index (κ2) is 5.73. The molecule has 1 saturated heterocycles.